The standard InChI is InChI=1S/C14H20N4S/c1-9-13(5-6-15-4)10(2)17-14(16-9)7-12-8-19-11(3)18-12/h8,15H,5-7H2,1-4H3. The van der Waals surface area contributed by atoms with E-state index in [0.717, 1.165) is 47.3 Å². The van der Waals surface area contributed by atoms with Crippen LogP contribution in [0.15, 0.2) is 5.38 Å². The average molecular weight is 276 g/mol. The Morgan fingerprint density at radius 2 is 1.79 bits per heavy atom. The maximum absolute atomic E-state index is 4.62. The third-order valence-electron chi connectivity index (χ3n) is 3.10. The van der Waals surface area contributed by atoms with Crippen LogP contribution in [0.1, 0.15) is 33.5 Å². The fraction of sp³-hybridized carbons (Fsp3) is 0.500. The third kappa shape index (κ3) is 3.58. The molecule has 5 heteroatoms. The molecule has 102 valence electrons. The number of thiazole rings is 1. The van der Waals surface area contributed by atoms with Crippen molar-refractivity contribution in [3.8, 4) is 0 Å². The highest BCUT2D eigenvalue weighted by molar-refractivity contribution is 7.09. The summed E-state index contributed by atoms with van der Waals surface area (Å²) >= 11 is 1.67. The molecule has 0 saturated carbocycles. The van der Waals surface area contributed by atoms with Gasteiger partial charge in [-0.2, -0.15) is 0 Å². The van der Waals surface area contributed by atoms with Crippen molar-refractivity contribution in [2.24, 2.45) is 0 Å². The van der Waals surface area contributed by atoms with Crippen molar-refractivity contribution in [2.75, 3.05) is 13.6 Å². The monoisotopic (exact) mass is 276 g/mol. The molecule has 0 fully saturated rings. The van der Waals surface area contributed by atoms with Crippen molar-refractivity contribution >= 4 is 11.3 Å². The van der Waals surface area contributed by atoms with Crippen LogP contribution in [0.25, 0.3) is 0 Å². The van der Waals surface area contributed by atoms with Gasteiger partial charge in [-0.3, -0.25) is 0 Å². The maximum atomic E-state index is 4.62. The Kier molecular flexibility index (Phi) is 4.61. The summed E-state index contributed by atoms with van der Waals surface area (Å²) in [5.41, 5.74) is 4.49. The highest BCUT2D eigenvalue weighted by Gasteiger charge is 2.09. The SMILES string of the molecule is CNCCc1c(C)nc(Cc2csc(C)n2)nc1C. The molecule has 0 aromatic carbocycles. The van der Waals surface area contributed by atoms with E-state index in [1.54, 1.807) is 11.3 Å². The fourth-order valence-corrected chi connectivity index (χ4v) is 2.76. The van der Waals surface area contributed by atoms with Crippen molar-refractivity contribution in [1.82, 2.24) is 20.3 Å². The average Bonchev–Trinajstić information content (AvgIpc) is 2.74. The molecule has 1 N–H and O–H groups in total. The Morgan fingerprint density at radius 3 is 2.32 bits per heavy atom. The van der Waals surface area contributed by atoms with Crippen molar-refractivity contribution in [1.29, 1.82) is 0 Å². The van der Waals surface area contributed by atoms with Gasteiger partial charge in [-0.05, 0) is 46.3 Å². The van der Waals surface area contributed by atoms with E-state index in [2.05, 4.69) is 39.5 Å². The van der Waals surface area contributed by atoms with Crippen LogP contribution in [0.4, 0.5) is 0 Å². The normalized spacial score (nSPS) is 10.9. The summed E-state index contributed by atoms with van der Waals surface area (Å²) in [6, 6.07) is 0. The number of aromatic nitrogens is 3. The molecule has 4 nitrogen and oxygen atoms in total. The number of aryl methyl sites for hydroxylation is 3. The van der Waals surface area contributed by atoms with E-state index in [4.69, 9.17) is 0 Å². The minimum absolute atomic E-state index is 0.721. The predicted molar refractivity (Wildman–Crippen MR) is 78.8 cm³/mol. The quantitative estimate of drug-likeness (QED) is 0.909. The Labute approximate surface area is 118 Å². The molecule has 2 rings (SSSR count). The Morgan fingerprint density at radius 1 is 1.11 bits per heavy atom. The summed E-state index contributed by atoms with van der Waals surface area (Å²) in [4.78, 5) is 13.7. The van der Waals surface area contributed by atoms with Crippen LogP contribution >= 0.6 is 11.3 Å². The third-order valence-corrected chi connectivity index (χ3v) is 3.92. The molecule has 2 aromatic rings. The van der Waals surface area contributed by atoms with E-state index in [-0.39, 0.29) is 0 Å². The van der Waals surface area contributed by atoms with Crippen LogP contribution in [-0.2, 0) is 12.8 Å². The summed E-state index contributed by atoms with van der Waals surface area (Å²) in [7, 11) is 1.96. The second-order valence-corrected chi connectivity index (χ2v) is 5.74. The number of likely N-dealkylation sites (N-methyl/N-ethyl adjacent to an activating group) is 1. The van der Waals surface area contributed by atoms with Gasteiger partial charge in [-0.1, -0.05) is 0 Å². The first kappa shape index (κ1) is 14.1. The molecule has 19 heavy (non-hydrogen) atoms. The Bertz CT molecular complexity index is 539. The van der Waals surface area contributed by atoms with Crippen molar-refractivity contribution in [3.63, 3.8) is 0 Å². The van der Waals surface area contributed by atoms with Crippen LogP contribution in [0, 0.1) is 20.8 Å². The highest BCUT2D eigenvalue weighted by atomic mass is 32.1. The van der Waals surface area contributed by atoms with E-state index < -0.39 is 0 Å². The smallest absolute Gasteiger partial charge is 0.134 e. The molecular weight excluding hydrogens is 256 g/mol. The van der Waals surface area contributed by atoms with Crippen LogP contribution in [-0.4, -0.2) is 28.5 Å². The van der Waals surface area contributed by atoms with Gasteiger partial charge in [0.05, 0.1) is 17.1 Å². The van der Waals surface area contributed by atoms with Gasteiger partial charge in [-0.15, -0.1) is 11.3 Å². The molecule has 0 atom stereocenters. The number of hydrogen-bond donors (Lipinski definition) is 1. The largest absolute Gasteiger partial charge is 0.319 e. The molecule has 0 aliphatic carbocycles. The fourth-order valence-electron chi connectivity index (χ4n) is 2.15. The maximum Gasteiger partial charge on any atom is 0.134 e. The molecule has 0 radical (unpaired) electrons. The lowest BCUT2D eigenvalue weighted by molar-refractivity contribution is 0.765. The summed E-state index contributed by atoms with van der Waals surface area (Å²) in [6.07, 6.45) is 1.70. The minimum Gasteiger partial charge on any atom is -0.319 e. The van der Waals surface area contributed by atoms with Gasteiger partial charge in [0.25, 0.3) is 0 Å². The van der Waals surface area contributed by atoms with E-state index >= 15 is 0 Å². The molecule has 0 saturated heterocycles. The molecule has 0 unspecified atom stereocenters. The van der Waals surface area contributed by atoms with E-state index in [0.29, 0.717) is 0 Å². The highest BCUT2D eigenvalue weighted by Crippen LogP contribution is 2.14. The van der Waals surface area contributed by atoms with Gasteiger partial charge >= 0.3 is 0 Å². The molecule has 0 bridgehead atoms. The van der Waals surface area contributed by atoms with E-state index in [1.807, 2.05) is 14.0 Å². The van der Waals surface area contributed by atoms with Gasteiger partial charge in [0.1, 0.15) is 5.82 Å². The molecule has 0 amide bonds. The first-order chi connectivity index (χ1) is 9.10. The second kappa shape index (κ2) is 6.21. The second-order valence-electron chi connectivity index (χ2n) is 4.68. The number of nitrogens with zero attached hydrogens (tertiary/aromatic N) is 3. The van der Waals surface area contributed by atoms with Gasteiger partial charge in [0.2, 0.25) is 0 Å². The lowest BCUT2D eigenvalue weighted by Gasteiger charge is -2.10. The predicted octanol–water partition coefficient (Wildman–Crippen LogP) is 2.21. The number of nitrogens with one attached hydrogen (secondary N) is 1. The molecule has 0 spiro atoms. The summed E-state index contributed by atoms with van der Waals surface area (Å²) in [6.45, 7) is 7.10. The zero-order valence-corrected chi connectivity index (χ0v) is 12.8. The number of hydrogen-bond acceptors (Lipinski definition) is 5. The van der Waals surface area contributed by atoms with Crippen LogP contribution in [0.3, 0.4) is 0 Å². The topological polar surface area (TPSA) is 50.7 Å². The first-order valence-corrected chi connectivity index (χ1v) is 7.36. The van der Waals surface area contributed by atoms with E-state index in [1.165, 1.54) is 5.56 Å². The lowest BCUT2D eigenvalue weighted by Crippen LogP contribution is -2.14. The van der Waals surface area contributed by atoms with Gasteiger partial charge < -0.3 is 5.32 Å². The summed E-state index contributed by atoms with van der Waals surface area (Å²) < 4.78 is 0. The van der Waals surface area contributed by atoms with Crippen LogP contribution < -0.4 is 5.32 Å². The van der Waals surface area contributed by atoms with Crippen molar-refractivity contribution in [2.45, 2.75) is 33.6 Å². The minimum atomic E-state index is 0.721. The zero-order chi connectivity index (χ0) is 13.8. The zero-order valence-electron chi connectivity index (χ0n) is 11.9. The summed E-state index contributed by atoms with van der Waals surface area (Å²) in [5.74, 6) is 0.869. The summed E-state index contributed by atoms with van der Waals surface area (Å²) in [5, 5.41) is 6.34. The molecule has 2 heterocycles. The molecule has 0 aliphatic rings. The van der Waals surface area contributed by atoms with Crippen LogP contribution in [0.5, 0.6) is 0 Å². The van der Waals surface area contributed by atoms with E-state index in [9.17, 15) is 0 Å². The number of rotatable bonds is 5. The lowest BCUT2D eigenvalue weighted by atomic mass is 10.1. The Balaban J connectivity index is 2.19. The van der Waals surface area contributed by atoms with Crippen molar-refractivity contribution < 1.29 is 0 Å². The Hall–Kier alpha value is -1.33. The molecule has 0 aliphatic heterocycles. The first-order valence-electron chi connectivity index (χ1n) is 6.48. The van der Waals surface area contributed by atoms with Crippen LogP contribution in [0.2, 0.25) is 0 Å². The molecular formula is C14H20N4S. The van der Waals surface area contributed by atoms with Gasteiger partial charge in [-0.25, -0.2) is 15.0 Å². The van der Waals surface area contributed by atoms with Gasteiger partial charge in [0.15, 0.2) is 0 Å². The molecule has 2 aromatic heterocycles. The van der Waals surface area contributed by atoms with Crippen molar-refractivity contribution in [3.05, 3.63) is 38.9 Å². The van der Waals surface area contributed by atoms with Gasteiger partial charge in [0, 0.05) is 16.8 Å².